The van der Waals surface area contributed by atoms with Crippen LogP contribution in [0.2, 0.25) is 0 Å². The van der Waals surface area contributed by atoms with Gasteiger partial charge in [0.05, 0.1) is 12.5 Å². The molecule has 0 heterocycles. The normalized spacial score (nSPS) is 16.3. The van der Waals surface area contributed by atoms with Gasteiger partial charge in [-0.25, -0.2) is 5.84 Å². The first-order valence-electron chi connectivity index (χ1n) is 6.11. The first-order chi connectivity index (χ1) is 8.44. The number of amides is 1. The molecule has 0 unspecified atom stereocenters. The van der Waals surface area contributed by atoms with E-state index in [-0.39, 0.29) is 5.91 Å². The lowest BCUT2D eigenvalue weighted by Crippen LogP contribution is -2.41. The van der Waals surface area contributed by atoms with E-state index in [1.165, 1.54) is 5.01 Å². The van der Waals surface area contributed by atoms with E-state index >= 15 is 0 Å². The van der Waals surface area contributed by atoms with E-state index in [4.69, 9.17) is 10.6 Å². The largest absolute Gasteiger partial charge is 0.496 e. The molecule has 0 radical (unpaired) electrons. The Labute approximate surface area is 108 Å². The summed E-state index contributed by atoms with van der Waals surface area (Å²) in [6.45, 7) is 4.06. The van der Waals surface area contributed by atoms with Crippen molar-refractivity contribution in [1.82, 2.24) is 5.01 Å². The molecule has 1 fully saturated rings. The molecule has 4 nitrogen and oxygen atoms in total. The van der Waals surface area contributed by atoms with E-state index in [1.807, 2.05) is 26.0 Å². The summed E-state index contributed by atoms with van der Waals surface area (Å²) in [7, 11) is 3.27. The van der Waals surface area contributed by atoms with Crippen LogP contribution in [0, 0.1) is 13.8 Å². The summed E-state index contributed by atoms with van der Waals surface area (Å²) in [5, 5.41) is 1.20. The molecule has 4 heteroatoms. The van der Waals surface area contributed by atoms with E-state index in [9.17, 15) is 4.79 Å². The molecular weight excluding hydrogens is 228 g/mol. The van der Waals surface area contributed by atoms with Gasteiger partial charge < -0.3 is 4.74 Å². The van der Waals surface area contributed by atoms with Gasteiger partial charge in [-0.3, -0.25) is 9.80 Å². The Hall–Kier alpha value is -1.55. The topological polar surface area (TPSA) is 55.6 Å². The van der Waals surface area contributed by atoms with Crippen molar-refractivity contribution in [3.8, 4) is 5.75 Å². The number of hydrogen-bond acceptors (Lipinski definition) is 3. The van der Waals surface area contributed by atoms with Crippen molar-refractivity contribution in [1.29, 1.82) is 0 Å². The number of benzene rings is 1. The molecular formula is C14H20N2O2. The summed E-state index contributed by atoms with van der Waals surface area (Å²) >= 11 is 0. The Morgan fingerprint density at radius 3 is 2.39 bits per heavy atom. The summed E-state index contributed by atoms with van der Waals surface area (Å²) in [6, 6.07) is 3.93. The van der Waals surface area contributed by atoms with Crippen LogP contribution in [-0.4, -0.2) is 25.1 Å². The van der Waals surface area contributed by atoms with Gasteiger partial charge in [0.1, 0.15) is 5.75 Å². The molecule has 0 bridgehead atoms. The molecule has 0 spiro atoms. The van der Waals surface area contributed by atoms with Crippen molar-refractivity contribution >= 4 is 5.91 Å². The van der Waals surface area contributed by atoms with Gasteiger partial charge in [0.2, 0.25) is 5.91 Å². The van der Waals surface area contributed by atoms with Gasteiger partial charge in [0, 0.05) is 7.05 Å². The van der Waals surface area contributed by atoms with Crippen molar-refractivity contribution in [3.63, 3.8) is 0 Å². The first-order valence-corrected chi connectivity index (χ1v) is 6.11. The maximum absolute atomic E-state index is 12.2. The number of nitrogens with two attached hydrogens (primary N) is 1. The van der Waals surface area contributed by atoms with Crippen molar-refractivity contribution < 1.29 is 9.53 Å². The first kappa shape index (κ1) is 12.9. The lowest BCUT2D eigenvalue weighted by Gasteiger charge is -2.23. The number of carbonyl (C=O) groups is 1. The molecule has 0 aliphatic heterocycles. The van der Waals surface area contributed by atoms with Crippen LogP contribution >= 0.6 is 0 Å². The smallest absolute Gasteiger partial charge is 0.246 e. The van der Waals surface area contributed by atoms with E-state index < -0.39 is 5.41 Å². The second-order valence-corrected chi connectivity index (χ2v) is 5.06. The zero-order valence-electron chi connectivity index (χ0n) is 11.4. The Morgan fingerprint density at radius 1 is 1.33 bits per heavy atom. The Bertz CT molecular complexity index is 491. The van der Waals surface area contributed by atoms with Crippen LogP contribution in [0.3, 0.4) is 0 Å². The predicted molar refractivity (Wildman–Crippen MR) is 70.3 cm³/mol. The van der Waals surface area contributed by atoms with Crippen LogP contribution in [0.25, 0.3) is 0 Å². The quantitative estimate of drug-likeness (QED) is 0.503. The van der Waals surface area contributed by atoms with Gasteiger partial charge in [-0.2, -0.15) is 0 Å². The molecule has 98 valence electrons. The van der Waals surface area contributed by atoms with E-state index in [0.717, 1.165) is 35.3 Å². The Balaban J connectivity index is 2.47. The van der Waals surface area contributed by atoms with Gasteiger partial charge in [-0.15, -0.1) is 0 Å². The summed E-state index contributed by atoms with van der Waals surface area (Å²) in [5.74, 6) is 6.46. The molecule has 1 saturated carbocycles. The van der Waals surface area contributed by atoms with Crippen molar-refractivity contribution in [2.24, 2.45) is 5.84 Å². The van der Waals surface area contributed by atoms with E-state index in [0.29, 0.717) is 0 Å². The molecule has 2 N–H and O–H groups in total. The minimum absolute atomic E-state index is 0.00448. The third-order valence-corrected chi connectivity index (χ3v) is 3.95. The fourth-order valence-corrected chi connectivity index (χ4v) is 2.60. The van der Waals surface area contributed by atoms with E-state index in [2.05, 4.69) is 0 Å². The third kappa shape index (κ3) is 1.77. The number of hydrazine groups is 1. The second kappa shape index (κ2) is 4.28. The summed E-state index contributed by atoms with van der Waals surface area (Å²) in [5.41, 5.74) is 2.91. The molecule has 1 aromatic carbocycles. The summed E-state index contributed by atoms with van der Waals surface area (Å²) < 4.78 is 5.30. The fraction of sp³-hybridized carbons (Fsp3) is 0.500. The lowest BCUT2D eigenvalue weighted by molar-refractivity contribution is -0.132. The number of rotatable bonds is 3. The molecule has 2 rings (SSSR count). The number of hydrogen-bond donors (Lipinski definition) is 1. The molecule has 1 aromatic rings. The maximum atomic E-state index is 12.2. The van der Waals surface area contributed by atoms with Crippen LogP contribution in [0.1, 0.15) is 29.5 Å². The van der Waals surface area contributed by atoms with Gasteiger partial charge in [0.25, 0.3) is 0 Å². The van der Waals surface area contributed by atoms with Crippen molar-refractivity contribution in [2.45, 2.75) is 32.1 Å². The zero-order chi connectivity index (χ0) is 13.5. The molecule has 1 aliphatic carbocycles. The molecule has 1 aliphatic rings. The highest BCUT2D eigenvalue weighted by molar-refractivity contribution is 5.91. The van der Waals surface area contributed by atoms with Crippen molar-refractivity contribution in [3.05, 3.63) is 28.8 Å². The fourth-order valence-electron chi connectivity index (χ4n) is 2.60. The number of carbonyl (C=O) groups excluding carboxylic acids is 1. The van der Waals surface area contributed by atoms with Crippen LogP contribution in [-0.2, 0) is 10.2 Å². The van der Waals surface area contributed by atoms with Crippen LogP contribution in [0.15, 0.2) is 12.1 Å². The van der Waals surface area contributed by atoms with Crippen LogP contribution in [0.5, 0.6) is 5.75 Å². The van der Waals surface area contributed by atoms with Crippen LogP contribution < -0.4 is 10.6 Å². The Morgan fingerprint density at radius 2 is 1.94 bits per heavy atom. The van der Waals surface area contributed by atoms with Crippen molar-refractivity contribution in [2.75, 3.05) is 14.2 Å². The monoisotopic (exact) mass is 248 g/mol. The molecule has 0 saturated heterocycles. The third-order valence-electron chi connectivity index (χ3n) is 3.95. The highest BCUT2D eigenvalue weighted by Gasteiger charge is 2.53. The molecule has 1 amide bonds. The second-order valence-electron chi connectivity index (χ2n) is 5.06. The maximum Gasteiger partial charge on any atom is 0.246 e. The SMILES string of the molecule is COc1ccc(C2(C(=O)N(C)N)CC2)c(C)c1C. The summed E-state index contributed by atoms with van der Waals surface area (Å²) in [6.07, 6.45) is 1.75. The molecule has 0 atom stereocenters. The van der Waals surface area contributed by atoms with Gasteiger partial charge in [0.15, 0.2) is 0 Å². The predicted octanol–water partition coefficient (Wildman–Crippen LogP) is 1.68. The van der Waals surface area contributed by atoms with E-state index in [1.54, 1.807) is 14.2 Å². The average Bonchev–Trinajstić information content (AvgIpc) is 3.12. The summed E-state index contributed by atoms with van der Waals surface area (Å²) in [4.78, 5) is 12.2. The molecule has 18 heavy (non-hydrogen) atoms. The minimum Gasteiger partial charge on any atom is -0.496 e. The number of methoxy groups -OCH3 is 1. The molecule has 0 aromatic heterocycles. The van der Waals surface area contributed by atoms with Gasteiger partial charge >= 0.3 is 0 Å². The highest BCUT2D eigenvalue weighted by atomic mass is 16.5. The Kier molecular flexibility index (Phi) is 3.07. The lowest BCUT2D eigenvalue weighted by atomic mass is 9.88. The number of likely N-dealkylation sites (N-methyl/N-ethyl adjacent to an activating group) is 1. The number of nitrogens with zero attached hydrogens (tertiary/aromatic N) is 1. The minimum atomic E-state index is -0.398. The van der Waals surface area contributed by atoms with Gasteiger partial charge in [-0.1, -0.05) is 6.07 Å². The van der Waals surface area contributed by atoms with Gasteiger partial charge in [-0.05, 0) is 49.4 Å². The highest BCUT2D eigenvalue weighted by Crippen LogP contribution is 2.51. The standard InChI is InChI=1S/C14H20N2O2/c1-9-10(2)12(18-4)6-5-11(9)14(7-8-14)13(17)16(3)15/h5-6H,7-8,15H2,1-4H3. The zero-order valence-corrected chi connectivity index (χ0v) is 11.4. The number of ether oxygens (including phenoxy) is 1. The average molecular weight is 248 g/mol. The van der Waals surface area contributed by atoms with Crippen LogP contribution in [0.4, 0.5) is 0 Å².